The van der Waals surface area contributed by atoms with Gasteiger partial charge in [0.15, 0.2) is 0 Å². The smallest absolute Gasteiger partial charge is 0.379 e. The zero-order valence-electron chi connectivity index (χ0n) is 9.42. The quantitative estimate of drug-likeness (QED) is 0.866. The van der Waals surface area contributed by atoms with Crippen molar-refractivity contribution in [2.24, 2.45) is 5.73 Å². The summed E-state index contributed by atoms with van der Waals surface area (Å²) in [5.41, 5.74) is 5.26. The van der Waals surface area contributed by atoms with Gasteiger partial charge in [-0.15, -0.1) is 0 Å². The SMILES string of the molecule is CCOC(=O)C(F)(F)[C@H](N)c1ccc(F)c(Br)c1. The highest BCUT2D eigenvalue weighted by Gasteiger charge is 2.47. The number of carbonyl (C=O) groups is 1. The first-order valence-corrected chi connectivity index (χ1v) is 5.85. The molecule has 0 saturated carbocycles. The summed E-state index contributed by atoms with van der Waals surface area (Å²) in [6.45, 7) is 1.24. The minimum atomic E-state index is -3.87. The number of esters is 1. The number of ether oxygens (including phenoxy) is 1. The number of hydrogen-bond donors (Lipinski definition) is 1. The Kier molecular flexibility index (Phi) is 4.75. The van der Waals surface area contributed by atoms with Crippen molar-refractivity contribution in [3.63, 3.8) is 0 Å². The van der Waals surface area contributed by atoms with Gasteiger partial charge in [-0.2, -0.15) is 8.78 Å². The van der Waals surface area contributed by atoms with Crippen molar-refractivity contribution in [1.82, 2.24) is 0 Å². The highest BCUT2D eigenvalue weighted by atomic mass is 79.9. The molecule has 0 aliphatic rings. The standard InChI is InChI=1S/C11H11BrF3NO2/c1-2-18-10(17)11(14,15)9(16)6-3-4-8(13)7(12)5-6/h3-5,9H,2,16H2,1H3/t9-/m1/s1. The molecule has 0 radical (unpaired) electrons. The number of hydrogen-bond acceptors (Lipinski definition) is 3. The van der Waals surface area contributed by atoms with Crippen molar-refractivity contribution in [1.29, 1.82) is 0 Å². The summed E-state index contributed by atoms with van der Waals surface area (Å²) in [5, 5.41) is 0. The minimum absolute atomic E-state index is 0.00453. The second-order valence-corrected chi connectivity index (χ2v) is 4.35. The van der Waals surface area contributed by atoms with E-state index in [0.29, 0.717) is 0 Å². The molecule has 0 aromatic heterocycles. The van der Waals surface area contributed by atoms with Crippen molar-refractivity contribution in [2.75, 3.05) is 6.61 Å². The van der Waals surface area contributed by atoms with Gasteiger partial charge in [0.05, 0.1) is 11.1 Å². The maximum absolute atomic E-state index is 13.6. The Bertz CT molecular complexity index is 454. The molecule has 0 amide bonds. The van der Waals surface area contributed by atoms with Gasteiger partial charge in [0.2, 0.25) is 0 Å². The molecule has 0 bridgehead atoms. The molecule has 0 fully saturated rings. The molecule has 1 aromatic carbocycles. The van der Waals surface area contributed by atoms with Gasteiger partial charge < -0.3 is 10.5 Å². The van der Waals surface area contributed by atoms with Crippen LogP contribution in [0.5, 0.6) is 0 Å². The van der Waals surface area contributed by atoms with Gasteiger partial charge in [0.1, 0.15) is 11.9 Å². The van der Waals surface area contributed by atoms with Gasteiger partial charge in [0.25, 0.3) is 0 Å². The summed E-state index contributed by atoms with van der Waals surface area (Å²) in [6.07, 6.45) is 0. The number of halogens is 4. The summed E-state index contributed by atoms with van der Waals surface area (Å²) in [4.78, 5) is 11.1. The monoisotopic (exact) mass is 325 g/mol. The summed E-state index contributed by atoms with van der Waals surface area (Å²) in [6, 6.07) is 1.29. The third kappa shape index (κ3) is 3.02. The summed E-state index contributed by atoms with van der Waals surface area (Å²) >= 11 is 2.86. The minimum Gasteiger partial charge on any atom is -0.462 e. The molecule has 1 rings (SSSR count). The molecule has 3 nitrogen and oxygen atoms in total. The van der Waals surface area contributed by atoms with Crippen molar-refractivity contribution >= 4 is 21.9 Å². The van der Waals surface area contributed by atoms with E-state index in [9.17, 15) is 18.0 Å². The molecular weight excluding hydrogens is 315 g/mol. The first-order valence-electron chi connectivity index (χ1n) is 5.06. The van der Waals surface area contributed by atoms with Gasteiger partial charge >= 0.3 is 11.9 Å². The second-order valence-electron chi connectivity index (χ2n) is 3.49. The van der Waals surface area contributed by atoms with Crippen molar-refractivity contribution < 1.29 is 22.7 Å². The number of carbonyl (C=O) groups excluding carboxylic acids is 1. The highest BCUT2D eigenvalue weighted by molar-refractivity contribution is 9.10. The highest BCUT2D eigenvalue weighted by Crippen LogP contribution is 2.32. The Morgan fingerprint density at radius 3 is 2.67 bits per heavy atom. The van der Waals surface area contributed by atoms with Crippen LogP contribution >= 0.6 is 15.9 Å². The largest absolute Gasteiger partial charge is 0.462 e. The van der Waals surface area contributed by atoms with Crippen LogP contribution in [0.4, 0.5) is 13.2 Å². The average molecular weight is 326 g/mol. The molecule has 0 aliphatic heterocycles. The van der Waals surface area contributed by atoms with Crippen LogP contribution in [0.25, 0.3) is 0 Å². The van der Waals surface area contributed by atoms with E-state index in [2.05, 4.69) is 20.7 Å². The van der Waals surface area contributed by atoms with Crippen molar-refractivity contribution in [3.05, 3.63) is 34.1 Å². The molecule has 7 heteroatoms. The molecule has 1 atom stereocenters. The predicted molar refractivity (Wildman–Crippen MR) is 62.6 cm³/mol. The fourth-order valence-corrected chi connectivity index (χ4v) is 1.67. The zero-order valence-corrected chi connectivity index (χ0v) is 11.0. The lowest BCUT2D eigenvalue weighted by Gasteiger charge is -2.22. The van der Waals surface area contributed by atoms with Crippen LogP contribution in [0.2, 0.25) is 0 Å². The van der Waals surface area contributed by atoms with E-state index >= 15 is 0 Å². The zero-order chi connectivity index (χ0) is 13.9. The normalized spacial score (nSPS) is 13.2. The van der Waals surface area contributed by atoms with Crippen LogP contribution in [-0.2, 0) is 9.53 Å². The average Bonchev–Trinajstić information content (AvgIpc) is 2.32. The number of nitrogens with two attached hydrogens (primary N) is 1. The van der Waals surface area contributed by atoms with E-state index < -0.39 is 23.8 Å². The van der Waals surface area contributed by atoms with Gasteiger partial charge in [-0.3, -0.25) is 0 Å². The Labute approximate surface area is 110 Å². The van der Waals surface area contributed by atoms with Crippen LogP contribution in [-0.4, -0.2) is 18.5 Å². The third-order valence-corrected chi connectivity index (χ3v) is 2.85. The van der Waals surface area contributed by atoms with E-state index in [1.165, 1.54) is 6.92 Å². The summed E-state index contributed by atoms with van der Waals surface area (Å²) in [7, 11) is 0. The fraction of sp³-hybridized carbons (Fsp3) is 0.364. The predicted octanol–water partition coefficient (Wildman–Crippen LogP) is 2.79. The van der Waals surface area contributed by atoms with E-state index in [0.717, 1.165) is 18.2 Å². The first-order chi connectivity index (χ1) is 8.30. The van der Waals surface area contributed by atoms with Crippen LogP contribution in [0.15, 0.2) is 22.7 Å². The molecule has 1 aromatic rings. The molecule has 0 heterocycles. The maximum atomic E-state index is 13.6. The Morgan fingerprint density at radius 2 is 2.17 bits per heavy atom. The van der Waals surface area contributed by atoms with Crippen molar-refractivity contribution in [3.8, 4) is 0 Å². The number of rotatable bonds is 4. The Balaban J connectivity index is 3.01. The van der Waals surface area contributed by atoms with Gasteiger partial charge in [-0.05, 0) is 40.5 Å². The molecule has 0 aliphatic carbocycles. The van der Waals surface area contributed by atoms with Crippen molar-refractivity contribution in [2.45, 2.75) is 18.9 Å². The van der Waals surface area contributed by atoms with Gasteiger partial charge in [0, 0.05) is 0 Å². The Hall–Kier alpha value is -1.08. The molecule has 0 spiro atoms. The maximum Gasteiger partial charge on any atom is 0.379 e. The van der Waals surface area contributed by atoms with E-state index in [4.69, 9.17) is 5.73 Å². The molecule has 0 unspecified atom stereocenters. The fourth-order valence-electron chi connectivity index (χ4n) is 1.27. The Morgan fingerprint density at radius 1 is 1.56 bits per heavy atom. The van der Waals surface area contributed by atoms with E-state index in [1.807, 2.05) is 0 Å². The molecule has 18 heavy (non-hydrogen) atoms. The number of alkyl halides is 2. The topological polar surface area (TPSA) is 52.3 Å². The lowest BCUT2D eigenvalue weighted by atomic mass is 10.0. The second kappa shape index (κ2) is 5.71. The van der Waals surface area contributed by atoms with E-state index in [1.54, 1.807) is 0 Å². The lowest BCUT2D eigenvalue weighted by Crippen LogP contribution is -2.41. The first kappa shape index (κ1) is 15.0. The lowest BCUT2D eigenvalue weighted by molar-refractivity contribution is -0.174. The van der Waals surface area contributed by atoms with Crippen LogP contribution in [0, 0.1) is 5.82 Å². The summed E-state index contributed by atoms with van der Waals surface area (Å²) in [5.74, 6) is -6.17. The number of benzene rings is 1. The molecular formula is C11H11BrF3NO2. The van der Waals surface area contributed by atoms with E-state index in [-0.39, 0.29) is 16.6 Å². The van der Waals surface area contributed by atoms with Gasteiger partial charge in [-0.25, -0.2) is 9.18 Å². The molecule has 100 valence electrons. The summed E-state index contributed by atoms with van der Waals surface area (Å²) < 4.78 is 44.4. The van der Waals surface area contributed by atoms with Gasteiger partial charge in [-0.1, -0.05) is 6.07 Å². The molecule has 2 N–H and O–H groups in total. The van der Waals surface area contributed by atoms with Crippen LogP contribution in [0.3, 0.4) is 0 Å². The van der Waals surface area contributed by atoms with Crippen LogP contribution < -0.4 is 5.73 Å². The van der Waals surface area contributed by atoms with Crippen LogP contribution in [0.1, 0.15) is 18.5 Å². The molecule has 0 saturated heterocycles. The third-order valence-electron chi connectivity index (χ3n) is 2.24.